The van der Waals surface area contributed by atoms with Crippen molar-refractivity contribution in [3.05, 3.63) is 130 Å². The Hall–Kier alpha value is -3.95. The van der Waals surface area contributed by atoms with Gasteiger partial charge in [0.25, 0.3) is 10.0 Å². The monoisotopic (exact) mass is 687 g/mol. The van der Waals surface area contributed by atoms with Crippen molar-refractivity contribution >= 4 is 43.5 Å². The molecule has 1 unspecified atom stereocenters. The van der Waals surface area contributed by atoms with Gasteiger partial charge in [0, 0.05) is 23.5 Å². The Morgan fingerprint density at radius 3 is 2.16 bits per heavy atom. The lowest BCUT2D eigenvalue weighted by atomic mass is 10.0. The molecule has 0 bridgehead atoms. The quantitative estimate of drug-likeness (QED) is 0.181. The van der Waals surface area contributed by atoms with Gasteiger partial charge in [0.05, 0.1) is 10.6 Å². The van der Waals surface area contributed by atoms with Gasteiger partial charge >= 0.3 is 0 Å². The number of nitrogens with zero attached hydrogens (tertiary/aromatic N) is 2. The summed E-state index contributed by atoms with van der Waals surface area (Å²) in [5.41, 5.74) is 2.96. The van der Waals surface area contributed by atoms with Crippen LogP contribution >= 0.6 is 15.9 Å². The van der Waals surface area contributed by atoms with Crippen molar-refractivity contribution in [1.29, 1.82) is 0 Å². The van der Waals surface area contributed by atoms with Crippen LogP contribution in [-0.4, -0.2) is 43.8 Å². The first-order chi connectivity index (χ1) is 21.7. The molecule has 0 heterocycles. The van der Waals surface area contributed by atoms with E-state index in [1.54, 1.807) is 41.3 Å². The van der Waals surface area contributed by atoms with E-state index in [1.165, 1.54) is 12.1 Å². The van der Waals surface area contributed by atoms with E-state index >= 15 is 0 Å². The molecular weight excluding hydrogens is 650 g/mol. The molecule has 0 aliphatic heterocycles. The third-order valence-corrected chi connectivity index (χ3v) is 10.4. The van der Waals surface area contributed by atoms with Gasteiger partial charge in [-0.2, -0.15) is 0 Å². The number of aryl methyl sites for hydroxylation is 1. The van der Waals surface area contributed by atoms with Crippen molar-refractivity contribution < 1.29 is 18.0 Å². The van der Waals surface area contributed by atoms with Crippen LogP contribution in [0.3, 0.4) is 0 Å². The van der Waals surface area contributed by atoms with Crippen LogP contribution in [0.5, 0.6) is 0 Å². The molecule has 4 aromatic carbocycles. The van der Waals surface area contributed by atoms with Crippen LogP contribution in [0.25, 0.3) is 0 Å². The van der Waals surface area contributed by atoms with E-state index in [-0.39, 0.29) is 29.8 Å². The smallest absolute Gasteiger partial charge is 0.264 e. The number of carbonyl (C=O) groups excluding carboxylic acids is 2. The average molecular weight is 689 g/mol. The van der Waals surface area contributed by atoms with E-state index in [4.69, 9.17) is 0 Å². The summed E-state index contributed by atoms with van der Waals surface area (Å²) < 4.78 is 30.2. The molecule has 234 valence electrons. The molecule has 7 nitrogen and oxygen atoms in total. The fourth-order valence-electron chi connectivity index (χ4n) is 5.79. The second-order valence-corrected chi connectivity index (χ2v) is 14.3. The number of benzene rings is 4. The van der Waals surface area contributed by atoms with Crippen molar-refractivity contribution in [1.82, 2.24) is 10.2 Å². The molecule has 2 amide bonds. The van der Waals surface area contributed by atoms with E-state index < -0.39 is 28.5 Å². The minimum Gasteiger partial charge on any atom is -0.352 e. The van der Waals surface area contributed by atoms with Crippen LogP contribution in [0.1, 0.15) is 42.4 Å². The third-order valence-electron chi connectivity index (χ3n) is 8.11. The SMILES string of the molecule is Cc1cccc(N(CC(=O)N(Cc2cccc(Br)c2)C(Cc2ccccc2)C(=O)NC2CCCC2)S(=O)(=O)c2ccccc2)c1. The van der Waals surface area contributed by atoms with Gasteiger partial charge < -0.3 is 10.2 Å². The van der Waals surface area contributed by atoms with Gasteiger partial charge in [-0.25, -0.2) is 8.42 Å². The zero-order chi connectivity index (χ0) is 31.8. The Labute approximate surface area is 274 Å². The molecule has 9 heteroatoms. The number of amides is 2. The lowest BCUT2D eigenvalue weighted by Gasteiger charge is -2.34. The summed E-state index contributed by atoms with van der Waals surface area (Å²) >= 11 is 3.53. The fraction of sp³-hybridized carbons (Fsp3) is 0.278. The molecule has 5 rings (SSSR count). The Morgan fingerprint density at radius 1 is 0.844 bits per heavy atom. The highest BCUT2D eigenvalue weighted by atomic mass is 79.9. The first kappa shape index (κ1) is 32.4. The summed E-state index contributed by atoms with van der Waals surface area (Å²) in [6, 6.07) is 31.6. The fourth-order valence-corrected chi connectivity index (χ4v) is 7.66. The average Bonchev–Trinajstić information content (AvgIpc) is 3.55. The normalized spacial score (nSPS) is 14.1. The van der Waals surface area contributed by atoms with Gasteiger partial charge in [-0.1, -0.05) is 102 Å². The van der Waals surface area contributed by atoms with E-state index in [9.17, 15) is 18.0 Å². The Bertz CT molecular complexity index is 1710. The zero-order valence-electron chi connectivity index (χ0n) is 25.3. The second-order valence-electron chi connectivity index (χ2n) is 11.5. The van der Waals surface area contributed by atoms with Crippen LogP contribution in [0, 0.1) is 6.92 Å². The largest absolute Gasteiger partial charge is 0.352 e. The second kappa shape index (κ2) is 14.9. The topological polar surface area (TPSA) is 86.8 Å². The molecule has 0 radical (unpaired) electrons. The van der Waals surface area contributed by atoms with E-state index in [1.807, 2.05) is 67.6 Å². The Morgan fingerprint density at radius 2 is 1.49 bits per heavy atom. The van der Waals surface area contributed by atoms with Crippen LogP contribution < -0.4 is 9.62 Å². The maximum Gasteiger partial charge on any atom is 0.264 e. The molecule has 1 aliphatic rings. The van der Waals surface area contributed by atoms with E-state index in [2.05, 4.69) is 21.2 Å². The summed E-state index contributed by atoms with van der Waals surface area (Å²) in [5.74, 6) is -0.708. The minimum absolute atomic E-state index is 0.0563. The van der Waals surface area contributed by atoms with Gasteiger partial charge in [-0.3, -0.25) is 13.9 Å². The van der Waals surface area contributed by atoms with E-state index in [0.29, 0.717) is 5.69 Å². The maximum absolute atomic E-state index is 14.6. The van der Waals surface area contributed by atoms with Gasteiger partial charge in [0.15, 0.2) is 0 Å². The maximum atomic E-state index is 14.6. The molecule has 0 spiro atoms. The van der Waals surface area contributed by atoms with Crippen molar-refractivity contribution in [3.8, 4) is 0 Å². The van der Waals surface area contributed by atoms with Gasteiger partial charge in [-0.15, -0.1) is 0 Å². The van der Waals surface area contributed by atoms with Crippen molar-refractivity contribution in [2.45, 2.75) is 62.6 Å². The van der Waals surface area contributed by atoms with Gasteiger partial charge in [-0.05, 0) is 72.9 Å². The minimum atomic E-state index is -4.12. The number of sulfonamides is 1. The summed E-state index contributed by atoms with van der Waals surface area (Å²) in [6.45, 7) is 1.53. The molecule has 0 aromatic heterocycles. The summed E-state index contributed by atoms with van der Waals surface area (Å²) in [7, 11) is -4.12. The van der Waals surface area contributed by atoms with Crippen molar-refractivity contribution in [2.24, 2.45) is 0 Å². The zero-order valence-corrected chi connectivity index (χ0v) is 27.7. The van der Waals surface area contributed by atoms with Crippen LogP contribution in [0.2, 0.25) is 0 Å². The molecule has 1 aliphatic carbocycles. The molecule has 1 fully saturated rings. The number of hydrogen-bond acceptors (Lipinski definition) is 4. The number of rotatable bonds is 12. The number of carbonyl (C=O) groups is 2. The predicted molar refractivity (Wildman–Crippen MR) is 181 cm³/mol. The van der Waals surface area contributed by atoms with Crippen molar-refractivity contribution in [3.63, 3.8) is 0 Å². The highest BCUT2D eigenvalue weighted by molar-refractivity contribution is 9.10. The molecule has 1 atom stereocenters. The standard InChI is InChI=1S/C36H38BrN3O4S/c1-27-12-10-19-32(22-27)40(45(43,44)33-20-6-3-7-21-33)26-35(41)39(25-29-15-11-16-30(37)23-29)34(24-28-13-4-2-5-14-28)36(42)38-31-17-8-9-18-31/h2-7,10-16,19-23,31,34H,8-9,17-18,24-26H2,1H3,(H,38,42). The lowest BCUT2D eigenvalue weighted by molar-refractivity contribution is -0.140. The van der Waals surface area contributed by atoms with E-state index in [0.717, 1.165) is 51.2 Å². The van der Waals surface area contributed by atoms with Crippen molar-refractivity contribution in [2.75, 3.05) is 10.8 Å². The van der Waals surface area contributed by atoms with Crippen LogP contribution in [0.15, 0.2) is 119 Å². The van der Waals surface area contributed by atoms with Gasteiger partial charge in [0.2, 0.25) is 11.8 Å². The summed E-state index contributed by atoms with van der Waals surface area (Å²) in [4.78, 5) is 30.3. The molecule has 1 N–H and O–H groups in total. The predicted octanol–water partition coefficient (Wildman–Crippen LogP) is 6.65. The highest BCUT2D eigenvalue weighted by Crippen LogP contribution is 2.26. The summed E-state index contributed by atoms with van der Waals surface area (Å²) in [5, 5.41) is 3.21. The third kappa shape index (κ3) is 8.41. The molecule has 0 saturated heterocycles. The number of hydrogen-bond donors (Lipinski definition) is 1. The van der Waals surface area contributed by atoms with Crippen LogP contribution in [0.4, 0.5) is 5.69 Å². The Kier molecular flexibility index (Phi) is 10.7. The van der Waals surface area contributed by atoms with Crippen LogP contribution in [-0.2, 0) is 32.6 Å². The number of nitrogens with one attached hydrogen (secondary N) is 1. The first-order valence-corrected chi connectivity index (χ1v) is 17.5. The highest BCUT2D eigenvalue weighted by Gasteiger charge is 2.35. The van der Waals surface area contributed by atoms with Gasteiger partial charge in [0.1, 0.15) is 12.6 Å². The number of anilines is 1. The number of halogens is 1. The summed E-state index contributed by atoms with van der Waals surface area (Å²) in [6.07, 6.45) is 4.20. The molecule has 1 saturated carbocycles. The lowest BCUT2D eigenvalue weighted by Crippen LogP contribution is -2.54. The molecular formula is C36H38BrN3O4S. The Balaban J connectivity index is 1.56. The molecule has 45 heavy (non-hydrogen) atoms. The first-order valence-electron chi connectivity index (χ1n) is 15.2. The molecule has 4 aromatic rings.